The first-order valence-electron chi connectivity index (χ1n) is 11.7. The maximum Gasteiger partial charge on any atom is 0.243 e. The summed E-state index contributed by atoms with van der Waals surface area (Å²) < 4.78 is 0. The number of benzene rings is 1. The van der Waals surface area contributed by atoms with E-state index in [1.54, 1.807) is 32.1 Å². The second kappa shape index (κ2) is 11.1. The summed E-state index contributed by atoms with van der Waals surface area (Å²) in [5.74, 6) is -2.44. The van der Waals surface area contributed by atoms with Crippen molar-refractivity contribution in [3.05, 3.63) is 52.3 Å². The molecule has 0 radical (unpaired) electrons. The van der Waals surface area contributed by atoms with Gasteiger partial charge in [-0.3, -0.25) is 14.4 Å². The van der Waals surface area contributed by atoms with Crippen molar-refractivity contribution in [3.63, 3.8) is 0 Å². The Hall–Kier alpha value is -3.04. The van der Waals surface area contributed by atoms with E-state index >= 15 is 0 Å². The van der Waals surface area contributed by atoms with Crippen molar-refractivity contribution < 1.29 is 19.5 Å². The second-order valence-electron chi connectivity index (χ2n) is 9.53. The highest BCUT2D eigenvalue weighted by Gasteiger charge is 2.43. The maximum absolute atomic E-state index is 13.3. The molecule has 4 N–H and O–H groups in total. The number of amides is 2. The molecule has 2 amide bonds. The molecule has 0 spiro atoms. The number of aromatic nitrogens is 1. The molecule has 1 aromatic heterocycles. The number of ketones is 1. The van der Waals surface area contributed by atoms with E-state index in [2.05, 4.69) is 16.4 Å². The summed E-state index contributed by atoms with van der Waals surface area (Å²) in [6.45, 7) is 9.42. The molecule has 1 aliphatic heterocycles. The lowest BCUT2D eigenvalue weighted by Crippen LogP contribution is -2.49. The predicted molar refractivity (Wildman–Crippen MR) is 136 cm³/mol. The Balaban J connectivity index is 1.72. The van der Waals surface area contributed by atoms with Crippen LogP contribution < -0.4 is 11.1 Å². The van der Waals surface area contributed by atoms with Crippen molar-refractivity contribution in [1.29, 1.82) is 0 Å². The van der Waals surface area contributed by atoms with Gasteiger partial charge in [0.05, 0.1) is 22.2 Å². The highest BCUT2D eigenvalue weighted by atomic mass is 32.1. The van der Waals surface area contributed by atoms with Gasteiger partial charge in [-0.05, 0) is 43.4 Å². The lowest BCUT2D eigenvalue weighted by molar-refractivity contribution is -0.146. The molecule has 188 valence electrons. The number of aliphatic hydroxyl groups excluding tert-OH is 1. The van der Waals surface area contributed by atoms with Crippen molar-refractivity contribution in [2.75, 3.05) is 6.54 Å². The van der Waals surface area contributed by atoms with Gasteiger partial charge in [-0.15, -0.1) is 11.3 Å². The number of carbonyl (C=O) groups excluding carboxylic acids is 3. The predicted octanol–water partition coefficient (Wildman–Crippen LogP) is 2.71. The Labute approximate surface area is 210 Å². The fourth-order valence-electron chi connectivity index (χ4n) is 4.45. The van der Waals surface area contributed by atoms with Crippen molar-refractivity contribution >= 4 is 28.9 Å². The monoisotopic (exact) mass is 498 g/mol. The summed E-state index contributed by atoms with van der Waals surface area (Å²) in [4.78, 5) is 45.8. The summed E-state index contributed by atoms with van der Waals surface area (Å²) in [6, 6.07) is 5.22. The van der Waals surface area contributed by atoms with Crippen molar-refractivity contribution in [2.45, 2.75) is 59.7 Å². The minimum atomic E-state index is -0.959. The third kappa shape index (κ3) is 6.15. The summed E-state index contributed by atoms with van der Waals surface area (Å²) in [5, 5.41) is 13.2. The van der Waals surface area contributed by atoms with Crippen LogP contribution in [0.15, 0.2) is 35.5 Å². The highest BCUT2D eigenvalue weighted by Crippen LogP contribution is 2.29. The molecule has 2 aromatic rings. The van der Waals surface area contributed by atoms with E-state index in [9.17, 15) is 19.5 Å². The van der Waals surface area contributed by atoms with E-state index in [1.807, 2.05) is 31.5 Å². The first kappa shape index (κ1) is 26.6. The maximum atomic E-state index is 13.3. The number of carbonyl (C=O) groups is 3. The number of β-amino-alcohol motifs (C(OH)–C–C–N with tert-alkyl or cyclic N) is 1. The Morgan fingerprint density at radius 3 is 2.60 bits per heavy atom. The average molecular weight is 499 g/mol. The van der Waals surface area contributed by atoms with Gasteiger partial charge >= 0.3 is 0 Å². The Morgan fingerprint density at radius 2 is 2.03 bits per heavy atom. The number of nitrogens with one attached hydrogen (secondary N) is 1. The number of rotatable bonds is 8. The van der Waals surface area contributed by atoms with Crippen LogP contribution in [0.25, 0.3) is 10.4 Å². The number of hydrogen-bond donors (Lipinski definition) is 3. The van der Waals surface area contributed by atoms with Crippen LogP contribution in [0.3, 0.4) is 0 Å². The van der Waals surface area contributed by atoms with E-state index in [0.29, 0.717) is 12.2 Å². The Bertz CT molecular complexity index is 1140. The standard InChI is InChI=1S/C26H34N4O4S/c1-14(2)23(22(32)9-16(4)27)26(34)30-12-20(31)10-21(30)25(33)28-11-19-7-6-18(8-15(19)3)24-17(5)29-13-35-24/h6-9,13-14,20-21,23,31H,10-12,27H2,1-5H3,(H,28,33)/t20-,21+,23?/m1/s1. The van der Waals surface area contributed by atoms with Crippen LogP contribution in [0.4, 0.5) is 0 Å². The van der Waals surface area contributed by atoms with E-state index in [1.165, 1.54) is 11.0 Å². The molecule has 2 heterocycles. The zero-order valence-corrected chi connectivity index (χ0v) is 21.7. The van der Waals surface area contributed by atoms with Crippen LogP contribution in [0.1, 0.15) is 44.0 Å². The molecule has 1 fully saturated rings. The molecular formula is C26H34N4O4S. The molecule has 0 bridgehead atoms. The fraction of sp³-hybridized carbons (Fsp3) is 0.462. The topological polar surface area (TPSA) is 126 Å². The van der Waals surface area contributed by atoms with E-state index in [-0.39, 0.29) is 24.8 Å². The smallest absolute Gasteiger partial charge is 0.243 e. The van der Waals surface area contributed by atoms with Gasteiger partial charge in [0.15, 0.2) is 5.78 Å². The third-order valence-corrected chi connectivity index (χ3v) is 7.25. The van der Waals surface area contributed by atoms with Crippen LogP contribution in [0, 0.1) is 25.7 Å². The molecule has 0 aliphatic carbocycles. The van der Waals surface area contributed by atoms with Crippen LogP contribution >= 0.6 is 11.3 Å². The number of nitrogens with zero attached hydrogens (tertiary/aromatic N) is 2. The third-order valence-electron chi connectivity index (χ3n) is 6.28. The summed E-state index contributed by atoms with van der Waals surface area (Å²) in [7, 11) is 0. The number of aliphatic hydroxyl groups is 1. The first-order chi connectivity index (χ1) is 16.5. The van der Waals surface area contributed by atoms with Crippen molar-refractivity contribution in [2.24, 2.45) is 17.6 Å². The molecule has 35 heavy (non-hydrogen) atoms. The summed E-state index contributed by atoms with van der Waals surface area (Å²) in [6.07, 6.45) is 0.558. The number of hydrogen-bond acceptors (Lipinski definition) is 7. The molecule has 0 saturated carbocycles. The minimum absolute atomic E-state index is 0.0146. The Kier molecular flexibility index (Phi) is 8.45. The lowest BCUT2D eigenvalue weighted by Gasteiger charge is -2.28. The van der Waals surface area contributed by atoms with Gasteiger partial charge < -0.3 is 21.1 Å². The molecule has 1 aromatic carbocycles. The van der Waals surface area contributed by atoms with Gasteiger partial charge in [-0.25, -0.2) is 4.98 Å². The quantitative estimate of drug-likeness (QED) is 0.380. The SMILES string of the molecule is CC(N)=CC(=O)C(C(=O)N1C[C@H](O)C[C@H]1C(=O)NCc1ccc(-c2scnc2C)cc1C)C(C)C. The van der Waals surface area contributed by atoms with Crippen LogP contribution in [-0.4, -0.2) is 51.3 Å². The van der Waals surface area contributed by atoms with Crippen LogP contribution in [-0.2, 0) is 20.9 Å². The number of aryl methyl sites for hydroxylation is 2. The van der Waals surface area contributed by atoms with Gasteiger partial charge in [0.25, 0.3) is 0 Å². The van der Waals surface area contributed by atoms with E-state index < -0.39 is 29.8 Å². The number of thiazole rings is 1. The van der Waals surface area contributed by atoms with Gasteiger partial charge in [0.2, 0.25) is 11.8 Å². The molecule has 1 aliphatic rings. The number of likely N-dealkylation sites (tertiary alicyclic amines) is 1. The molecular weight excluding hydrogens is 464 g/mol. The Morgan fingerprint density at radius 1 is 1.31 bits per heavy atom. The van der Waals surface area contributed by atoms with Crippen LogP contribution in [0.2, 0.25) is 0 Å². The first-order valence-corrected chi connectivity index (χ1v) is 12.6. The number of nitrogens with two attached hydrogens (primary N) is 1. The fourth-order valence-corrected chi connectivity index (χ4v) is 5.25. The van der Waals surface area contributed by atoms with E-state index in [0.717, 1.165) is 27.3 Å². The molecule has 9 heteroatoms. The average Bonchev–Trinajstić information content (AvgIpc) is 3.37. The number of allylic oxidation sites excluding steroid dienone is 2. The zero-order chi connectivity index (χ0) is 25.9. The molecule has 3 rings (SSSR count). The van der Waals surface area contributed by atoms with Gasteiger partial charge in [-0.1, -0.05) is 32.0 Å². The minimum Gasteiger partial charge on any atom is -0.402 e. The molecule has 1 unspecified atom stereocenters. The van der Waals surface area contributed by atoms with Crippen LogP contribution in [0.5, 0.6) is 0 Å². The molecule has 1 saturated heterocycles. The second-order valence-corrected chi connectivity index (χ2v) is 10.4. The molecule has 8 nitrogen and oxygen atoms in total. The van der Waals surface area contributed by atoms with Crippen molar-refractivity contribution in [1.82, 2.24) is 15.2 Å². The normalized spacial score (nSPS) is 19.2. The highest BCUT2D eigenvalue weighted by molar-refractivity contribution is 7.13. The summed E-state index contributed by atoms with van der Waals surface area (Å²) >= 11 is 1.59. The van der Waals surface area contributed by atoms with E-state index in [4.69, 9.17) is 5.73 Å². The largest absolute Gasteiger partial charge is 0.402 e. The molecule has 3 atom stereocenters. The van der Waals surface area contributed by atoms with Crippen molar-refractivity contribution in [3.8, 4) is 10.4 Å². The zero-order valence-electron chi connectivity index (χ0n) is 20.9. The lowest BCUT2D eigenvalue weighted by atomic mass is 9.89. The van der Waals surface area contributed by atoms with Gasteiger partial charge in [0, 0.05) is 31.3 Å². The van der Waals surface area contributed by atoms with Gasteiger partial charge in [0.1, 0.15) is 12.0 Å². The summed E-state index contributed by atoms with van der Waals surface area (Å²) in [5.41, 5.74) is 11.8. The van der Waals surface area contributed by atoms with Gasteiger partial charge in [-0.2, -0.15) is 0 Å².